The predicted octanol–water partition coefficient (Wildman–Crippen LogP) is 2.19. The monoisotopic (exact) mass is 493 g/mol. The van der Waals surface area contributed by atoms with E-state index in [-0.39, 0.29) is 17.5 Å². The van der Waals surface area contributed by atoms with Gasteiger partial charge in [0.25, 0.3) is 0 Å². The van der Waals surface area contributed by atoms with Gasteiger partial charge in [-0.15, -0.1) is 5.10 Å². The molecule has 3 heterocycles. The van der Waals surface area contributed by atoms with Crippen molar-refractivity contribution in [3.05, 3.63) is 66.7 Å². The Kier molecular flexibility index (Phi) is 5.49. The van der Waals surface area contributed by atoms with Crippen molar-refractivity contribution in [2.24, 2.45) is 0 Å². The summed E-state index contributed by atoms with van der Waals surface area (Å²) < 4.78 is 48.1. The Morgan fingerprint density at radius 3 is 2.66 bits per heavy atom. The van der Waals surface area contributed by atoms with Gasteiger partial charge in [0, 0.05) is 5.56 Å². The minimum Gasteiger partial charge on any atom is -0.497 e. The third-order valence-corrected chi connectivity index (χ3v) is 7.99. The number of nitrogens with one attached hydrogen (secondary N) is 1. The first-order valence-corrected chi connectivity index (χ1v) is 12.7. The van der Waals surface area contributed by atoms with Gasteiger partial charge in [-0.05, 0) is 45.5 Å². The van der Waals surface area contributed by atoms with E-state index in [2.05, 4.69) is 20.2 Å². The number of hydrogen-bond acceptors (Lipinski definition) is 8. The molecule has 3 aromatic carbocycles. The molecule has 0 aliphatic carbocycles. The molecule has 0 spiro atoms. The quantitative estimate of drug-likeness (QED) is 0.434. The molecule has 1 aromatic heterocycles. The fourth-order valence-electron chi connectivity index (χ4n) is 4.76. The molecule has 1 N–H and O–H groups in total. The van der Waals surface area contributed by atoms with E-state index < -0.39 is 28.3 Å². The molecule has 35 heavy (non-hydrogen) atoms. The zero-order chi connectivity index (χ0) is 24.0. The van der Waals surface area contributed by atoms with E-state index in [1.165, 1.54) is 0 Å². The molecule has 4 aromatic rings. The molecule has 4 atom stereocenters. The predicted molar refractivity (Wildman–Crippen MR) is 126 cm³/mol. The third kappa shape index (κ3) is 3.96. The number of aromatic nitrogens is 4. The molecule has 2 aliphatic heterocycles. The molecule has 10 nitrogen and oxygen atoms in total. The number of rotatable bonds is 6. The number of benzene rings is 3. The van der Waals surface area contributed by atoms with Crippen LogP contribution in [-0.4, -0.2) is 67.2 Å². The molecule has 0 radical (unpaired) electrons. The minimum absolute atomic E-state index is 0.190. The summed E-state index contributed by atoms with van der Waals surface area (Å²) in [7, 11) is -2.17. The zero-order valence-corrected chi connectivity index (χ0v) is 19.6. The van der Waals surface area contributed by atoms with Crippen molar-refractivity contribution >= 4 is 20.8 Å². The van der Waals surface area contributed by atoms with Gasteiger partial charge in [0.05, 0.1) is 31.3 Å². The van der Waals surface area contributed by atoms with Crippen molar-refractivity contribution in [3.63, 3.8) is 0 Å². The van der Waals surface area contributed by atoms with Gasteiger partial charge in [0.15, 0.2) is 5.82 Å². The molecule has 0 bridgehead atoms. The third-order valence-electron chi connectivity index (χ3n) is 6.50. The summed E-state index contributed by atoms with van der Waals surface area (Å²) in [6.45, 7) is 0.487. The highest BCUT2D eigenvalue weighted by atomic mass is 32.2. The number of sulfonamides is 1. The fraction of sp³-hybridized carbons (Fsp3) is 0.292. The van der Waals surface area contributed by atoms with E-state index in [1.807, 2.05) is 48.5 Å². The largest absolute Gasteiger partial charge is 0.497 e. The zero-order valence-electron chi connectivity index (χ0n) is 18.8. The van der Waals surface area contributed by atoms with Crippen molar-refractivity contribution in [2.45, 2.75) is 29.2 Å². The Labute approximate surface area is 201 Å². The Bertz CT molecular complexity index is 1490. The lowest BCUT2D eigenvalue weighted by atomic mass is 10.1. The maximum atomic E-state index is 13.2. The van der Waals surface area contributed by atoms with E-state index >= 15 is 0 Å². The highest BCUT2D eigenvalue weighted by molar-refractivity contribution is 7.89. The van der Waals surface area contributed by atoms with Crippen molar-refractivity contribution in [3.8, 4) is 17.1 Å². The van der Waals surface area contributed by atoms with Crippen LogP contribution in [0.15, 0.2) is 71.6 Å². The van der Waals surface area contributed by atoms with Crippen LogP contribution in [0.25, 0.3) is 22.2 Å². The van der Waals surface area contributed by atoms with Gasteiger partial charge >= 0.3 is 0 Å². The first-order valence-electron chi connectivity index (χ1n) is 11.2. The highest BCUT2D eigenvalue weighted by Gasteiger charge is 2.50. The van der Waals surface area contributed by atoms with Gasteiger partial charge in [0.2, 0.25) is 10.0 Å². The summed E-state index contributed by atoms with van der Waals surface area (Å²) >= 11 is 0. The fourth-order valence-corrected chi connectivity index (χ4v) is 6.03. The smallest absolute Gasteiger partial charge is 0.241 e. The Balaban J connectivity index is 1.22. The maximum absolute atomic E-state index is 13.2. The molecule has 2 aliphatic rings. The van der Waals surface area contributed by atoms with Crippen LogP contribution in [0.1, 0.15) is 6.04 Å². The lowest BCUT2D eigenvalue weighted by Crippen LogP contribution is -2.44. The number of tetrazole rings is 1. The molecule has 0 saturated carbocycles. The van der Waals surface area contributed by atoms with Crippen LogP contribution in [0.2, 0.25) is 0 Å². The van der Waals surface area contributed by atoms with Crippen LogP contribution in [0.5, 0.6) is 5.75 Å². The molecular weight excluding hydrogens is 470 g/mol. The van der Waals surface area contributed by atoms with Gasteiger partial charge in [-0.3, -0.25) is 0 Å². The lowest BCUT2D eigenvalue weighted by molar-refractivity contribution is 0.0626. The molecule has 0 unspecified atom stereocenters. The van der Waals surface area contributed by atoms with Gasteiger partial charge in [-0.1, -0.05) is 42.5 Å². The highest BCUT2D eigenvalue weighted by Crippen LogP contribution is 2.36. The van der Waals surface area contributed by atoms with Gasteiger partial charge in [-0.25, -0.2) is 17.8 Å². The first kappa shape index (κ1) is 22.1. The van der Waals surface area contributed by atoms with Crippen LogP contribution < -0.4 is 9.46 Å². The molecule has 11 heteroatoms. The summed E-state index contributed by atoms with van der Waals surface area (Å²) in [5.74, 6) is 1.25. The summed E-state index contributed by atoms with van der Waals surface area (Å²) in [6.07, 6.45) is -0.857. The molecule has 6 rings (SSSR count). The molecule has 0 amide bonds. The normalized spacial score (nSPS) is 24.0. The Morgan fingerprint density at radius 1 is 0.971 bits per heavy atom. The summed E-state index contributed by atoms with van der Waals surface area (Å²) in [5.41, 5.74) is 0.796. The second kappa shape index (κ2) is 8.68. The SMILES string of the molecule is COc1cccc(-c2nnnn2[C@@H]2CO[C@@H]3[C@@H]2OC[C@@H]3NS(=O)(=O)c2ccc3ccccc3c2)c1. The lowest BCUT2D eigenvalue weighted by Gasteiger charge is -2.18. The van der Waals surface area contributed by atoms with Gasteiger partial charge < -0.3 is 14.2 Å². The Morgan fingerprint density at radius 2 is 1.80 bits per heavy atom. The van der Waals surface area contributed by atoms with Crippen molar-refractivity contribution in [2.75, 3.05) is 20.3 Å². The molecule has 2 saturated heterocycles. The standard InChI is InChI=1S/C24H23N5O5S/c1-32-18-8-4-7-17(11-18)24-25-27-28-29(24)21-14-34-22-20(13-33-23(21)22)26-35(30,31)19-10-9-15-5-2-3-6-16(15)12-19/h2-12,20-23,26H,13-14H2,1H3/t20-,21+,22-,23+/m0/s1. The molecular formula is C24H23N5O5S. The number of nitrogens with zero attached hydrogens (tertiary/aromatic N) is 4. The van der Waals surface area contributed by atoms with E-state index in [0.717, 1.165) is 16.3 Å². The summed E-state index contributed by atoms with van der Waals surface area (Å²) in [4.78, 5) is 0.204. The van der Waals surface area contributed by atoms with Crippen LogP contribution in [0, 0.1) is 0 Å². The maximum Gasteiger partial charge on any atom is 0.241 e. The van der Waals surface area contributed by atoms with Crippen molar-refractivity contribution in [1.82, 2.24) is 24.9 Å². The van der Waals surface area contributed by atoms with E-state index in [9.17, 15) is 8.42 Å². The number of hydrogen-bond donors (Lipinski definition) is 1. The summed E-state index contributed by atoms with van der Waals surface area (Å²) in [6, 6.07) is 19.4. The van der Waals surface area contributed by atoms with Crippen LogP contribution in [0.3, 0.4) is 0 Å². The van der Waals surface area contributed by atoms with Gasteiger partial charge in [-0.2, -0.15) is 0 Å². The topological polar surface area (TPSA) is 117 Å². The number of ether oxygens (including phenoxy) is 3. The average molecular weight is 494 g/mol. The van der Waals surface area contributed by atoms with Crippen molar-refractivity contribution in [1.29, 1.82) is 0 Å². The number of methoxy groups -OCH3 is 1. The second-order valence-corrected chi connectivity index (χ2v) is 10.3. The Hall–Kier alpha value is -3.38. The van der Waals surface area contributed by atoms with Crippen LogP contribution in [0.4, 0.5) is 0 Å². The number of fused-ring (bicyclic) bond motifs is 2. The molecule has 2 fully saturated rings. The van der Waals surface area contributed by atoms with E-state index in [4.69, 9.17) is 14.2 Å². The van der Waals surface area contributed by atoms with E-state index in [1.54, 1.807) is 30.0 Å². The van der Waals surface area contributed by atoms with Crippen LogP contribution >= 0.6 is 0 Å². The molecule has 180 valence electrons. The minimum atomic E-state index is -3.77. The van der Waals surface area contributed by atoms with Crippen molar-refractivity contribution < 1.29 is 22.6 Å². The van der Waals surface area contributed by atoms with Crippen LogP contribution in [-0.2, 0) is 19.5 Å². The van der Waals surface area contributed by atoms with Gasteiger partial charge in [0.1, 0.15) is 24.0 Å². The average Bonchev–Trinajstić information content (AvgIpc) is 3.61. The summed E-state index contributed by atoms with van der Waals surface area (Å²) in [5, 5.41) is 14.1. The first-order chi connectivity index (χ1) is 17.0. The van der Waals surface area contributed by atoms with E-state index in [0.29, 0.717) is 18.2 Å². The second-order valence-electron chi connectivity index (χ2n) is 8.58.